The molecule has 0 saturated heterocycles. The number of nitrogens with two attached hydrogens (primary N) is 1. The van der Waals surface area contributed by atoms with Gasteiger partial charge >= 0.3 is 0 Å². The van der Waals surface area contributed by atoms with Crippen LogP contribution in [0.4, 0.5) is 20.4 Å². The largest absolute Gasteiger partial charge is 0.493 e. The molecule has 2 aromatic heterocycles. The van der Waals surface area contributed by atoms with Crippen molar-refractivity contribution in [2.45, 2.75) is 45.0 Å². The van der Waals surface area contributed by atoms with Crippen molar-refractivity contribution in [3.05, 3.63) is 59.8 Å². The first-order valence-electron chi connectivity index (χ1n) is 14.3. The smallest absolute Gasteiger partial charge is 0.242 e. The SMILES string of the molecule is CC(C)[C@H](N)C(=O)N[C@@H](C)C(=O)NCCS(=O)(=O)Cc1cc2nc(c1)OCCCOc1cc(F)ccc1-c1cc(ncc1F)N2. The Morgan fingerprint density at radius 2 is 1.78 bits per heavy atom. The lowest BCUT2D eigenvalue weighted by atomic mass is 10.0. The van der Waals surface area contributed by atoms with E-state index < -0.39 is 51.1 Å². The average Bonchev–Trinajstić information content (AvgIpc) is 2.96. The van der Waals surface area contributed by atoms with E-state index in [9.17, 15) is 26.8 Å². The highest BCUT2D eigenvalue weighted by molar-refractivity contribution is 7.90. The van der Waals surface area contributed by atoms with Crippen LogP contribution in [0.25, 0.3) is 11.1 Å². The lowest BCUT2D eigenvalue weighted by Gasteiger charge is -2.19. The highest BCUT2D eigenvalue weighted by Gasteiger charge is 2.23. The molecule has 4 bridgehead atoms. The summed E-state index contributed by atoms with van der Waals surface area (Å²) in [4.78, 5) is 33.0. The third-order valence-electron chi connectivity index (χ3n) is 6.88. The molecule has 0 spiro atoms. The Morgan fingerprint density at radius 1 is 1.02 bits per heavy atom. The molecule has 2 atom stereocenters. The summed E-state index contributed by atoms with van der Waals surface area (Å²) < 4.78 is 66.3. The minimum atomic E-state index is -3.73. The summed E-state index contributed by atoms with van der Waals surface area (Å²) in [5.74, 6) is -2.39. The van der Waals surface area contributed by atoms with Crippen LogP contribution in [-0.2, 0) is 25.2 Å². The van der Waals surface area contributed by atoms with Gasteiger partial charge in [0, 0.05) is 36.2 Å². The van der Waals surface area contributed by atoms with Gasteiger partial charge in [0.15, 0.2) is 9.84 Å². The number of pyridine rings is 2. The van der Waals surface area contributed by atoms with Crippen LogP contribution in [0.1, 0.15) is 32.8 Å². The third kappa shape index (κ3) is 9.31. The average molecular weight is 647 g/mol. The maximum Gasteiger partial charge on any atom is 0.242 e. The Kier molecular flexibility index (Phi) is 10.9. The number of hydrogen-bond acceptors (Lipinski definition) is 10. The second-order valence-electron chi connectivity index (χ2n) is 10.9. The number of aromatic nitrogens is 2. The van der Waals surface area contributed by atoms with E-state index in [0.29, 0.717) is 17.5 Å². The summed E-state index contributed by atoms with van der Waals surface area (Å²) in [6.07, 6.45) is 1.37. The standard InChI is InChI=1S/C30H36F2N6O6S/c1-17(2)28(33)30(40)36-18(3)29(39)34-7-10-45(41,42)16-19-11-26-37-25-14-22(23(32)15-35-25)21-6-5-20(31)13-24(21)43-8-4-9-44-27(12-19)38-26/h5-6,11-15,17-18,28H,4,7-10,16,33H2,1-3H3,(H,34,39)(H,36,40)(H,35,37,38)/t18-,28-/m0/s1. The molecule has 5 N–H and O–H groups in total. The van der Waals surface area contributed by atoms with Crippen LogP contribution in [0.3, 0.4) is 0 Å². The Balaban J connectivity index is 1.47. The fraction of sp³-hybridized carbons (Fsp3) is 0.400. The molecule has 1 aliphatic rings. The molecule has 45 heavy (non-hydrogen) atoms. The quantitative estimate of drug-likeness (QED) is 0.271. The molecule has 2 amide bonds. The van der Waals surface area contributed by atoms with Gasteiger partial charge in [0.1, 0.15) is 35.1 Å². The number of sulfone groups is 1. The molecule has 3 aromatic rings. The minimum Gasteiger partial charge on any atom is -0.493 e. The highest BCUT2D eigenvalue weighted by Crippen LogP contribution is 2.34. The minimum absolute atomic E-state index is 0.117. The van der Waals surface area contributed by atoms with Gasteiger partial charge in [-0.15, -0.1) is 0 Å². The van der Waals surface area contributed by atoms with Crippen LogP contribution in [0.2, 0.25) is 0 Å². The second-order valence-corrected chi connectivity index (χ2v) is 13.1. The zero-order chi connectivity index (χ0) is 32.7. The molecule has 12 nitrogen and oxygen atoms in total. The summed E-state index contributed by atoms with van der Waals surface area (Å²) in [7, 11) is -3.73. The van der Waals surface area contributed by atoms with Gasteiger partial charge in [-0.25, -0.2) is 22.2 Å². The predicted molar refractivity (Wildman–Crippen MR) is 164 cm³/mol. The van der Waals surface area contributed by atoms with Gasteiger partial charge in [0.2, 0.25) is 17.7 Å². The zero-order valence-electron chi connectivity index (χ0n) is 25.1. The lowest BCUT2D eigenvalue weighted by molar-refractivity contribution is -0.129. The van der Waals surface area contributed by atoms with Crippen molar-refractivity contribution < 1.29 is 36.3 Å². The molecule has 0 unspecified atom stereocenters. The number of halogens is 2. The number of benzene rings is 1. The fourth-order valence-corrected chi connectivity index (χ4v) is 5.60. The van der Waals surface area contributed by atoms with E-state index >= 15 is 0 Å². The van der Waals surface area contributed by atoms with E-state index in [-0.39, 0.29) is 60.3 Å². The first kappa shape index (κ1) is 33.5. The van der Waals surface area contributed by atoms with E-state index in [2.05, 4.69) is 25.9 Å². The molecule has 0 fully saturated rings. The molecular formula is C30H36F2N6O6S. The number of carbonyl (C=O) groups excluding carboxylic acids is 2. The number of ether oxygens (including phenoxy) is 2. The van der Waals surface area contributed by atoms with E-state index in [1.165, 1.54) is 43.3 Å². The Hall–Kier alpha value is -4.37. The Labute approximate surface area is 260 Å². The van der Waals surface area contributed by atoms with E-state index in [0.717, 1.165) is 6.20 Å². The van der Waals surface area contributed by atoms with Gasteiger partial charge in [-0.05, 0) is 42.7 Å². The molecule has 0 aliphatic carbocycles. The Bertz CT molecular complexity index is 1660. The Morgan fingerprint density at radius 3 is 2.53 bits per heavy atom. The van der Waals surface area contributed by atoms with Crippen LogP contribution < -0.4 is 31.2 Å². The van der Waals surface area contributed by atoms with Crippen LogP contribution in [0.15, 0.2) is 42.6 Å². The van der Waals surface area contributed by atoms with Gasteiger partial charge in [-0.3, -0.25) is 9.59 Å². The van der Waals surface area contributed by atoms with E-state index in [1.54, 1.807) is 13.8 Å². The van der Waals surface area contributed by atoms with Gasteiger partial charge in [-0.1, -0.05) is 13.8 Å². The first-order valence-corrected chi connectivity index (χ1v) is 16.2. The van der Waals surface area contributed by atoms with Crippen molar-refractivity contribution in [3.8, 4) is 22.8 Å². The number of nitrogens with zero attached hydrogens (tertiary/aromatic N) is 2. The summed E-state index contributed by atoms with van der Waals surface area (Å²) in [5.41, 5.74) is 6.60. The van der Waals surface area contributed by atoms with Gasteiger partial charge in [0.05, 0.1) is 37.0 Å². The van der Waals surface area contributed by atoms with Crippen LogP contribution >= 0.6 is 0 Å². The molecular weight excluding hydrogens is 610 g/mol. The zero-order valence-corrected chi connectivity index (χ0v) is 25.9. The van der Waals surface area contributed by atoms with Crippen molar-refractivity contribution in [2.75, 3.05) is 30.8 Å². The second kappa shape index (κ2) is 14.6. The van der Waals surface area contributed by atoms with Crippen LogP contribution in [0, 0.1) is 17.6 Å². The number of fused-ring (bicyclic) bond motifs is 6. The molecule has 242 valence electrons. The highest BCUT2D eigenvalue weighted by atomic mass is 32.2. The normalized spacial score (nSPS) is 14.5. The van der Waals surface area contributed by atoms with E-state index in [1.807, 2.05) is 0 Å². The predicted octanol–water partition coefficient (Wildman–Crippen LogP) is 2.85. The van der Waals surface area contributed by atoms with Crippen molar-refractivity contribution in [3.63, 3.8) is 0 Å². The summed E-state index contributed by atoms with van der Waals surface area (Å²) in [5, 5.41) is 8.00. The number of nitrogens with one attached hydrogen (secondary N) is 3. The van der Waals surface area contributed by atoms with Gasteiger partial charge in [0.25, 0.3) is 0 Å². The molecule has 15 heteroatoms. The monoisotopic (exact) mass is 646 g/mol. The van der Waals surface area contributed by atoms with Crippen molar-refractivity contribution >= 4 is 33.3 Å². The number of anilines is 2. The van der Waals surface area contributed by atoms with Crippen molar-refractivity contribution in [2.24, 2.45) is 11.7 Å². The summed E-state index contributed by atoms with van der Waals surface area (Å²) in [6, 6.07) is 6.52. The summed E-state index contributed by atoms with van der Waals surface area (Å²) in [6.45, 7) is 5.15. The van der Waals surface area contributed by atoms with E-state index in [4.69, 9.17) is 15.2 Å². The number of amides is 2. The molecule has 1 aliphatic heterocycles. The number of hydrogen-bond donors (Lipinski definition) is 4. The van der Waals surface area contributed by atoms with Crippen LogP contribution in [0.5, 0.6) is 11.6 Å². The fourth-order valence-electron chi connectivity index (χ4n) is 4.37. The maximum absolute atomic E-state index is 14.8. The summed E-state index contributed by atoms with van der Waals surface area (Å²) >= 11 is 0. The first-order chi connectivity index (χ1) is 21.3. The van der Waals surface area contributed by atoms with Gasteiger partial charge in [-0.2, -0.15) is 4.98 Å². The topological polar surface area (TPSA) is 175 Å². The number of rotatable bonds is 9. The lowest BCUT2D eigenvalue weighted by Crippen LogP contribution is -2.52. The molecule has 1 aromatic carbocycles. The maximum atomic E-state index is 14.8. The van der Waals surface area contributed by atoms with Gasteiger partial charge < -0.3 is 31.2 Å². The molecule has 3 heterocycles. The molecule has 4 rings (SSSR count). The molecule has 0 radical (unpaired) electrons. The van der Waals surface area contributed by atoms with Crippen molar-refractivity contribution in [1.82, 2.24) is 20.6 Å². The third-order valence-corrected chi connectivity index (χ3v) is 8.47. The molecule has 0 saturated carbocycles. The van der Waals surface area contributed by atoms with Crippen molar-refractivity contribution in [1.29, 1.82) is 0 Å². The number of carbonyl (C=O) groups is 2. The van der Waals surface area contributed by atoms with Crippen LogP contribution in [-0.4, -0.2) is 67.8 Å².